The molecule has 1 fully saturated rings. The second-order valence-electron chi connectivity index (χ2n) is 5.01. The number of carboxylic acids is 1. The maximum Gasteiger partial charge on any atom is 0.304 e. The van der Waals surface area contributed by atoms with Crippen LogP contribution in [0.15, 0.2) is 18.2 Å². The van der Waals surface area contributed by atoms with Gasteiger partial charge >= 0.3 is 5.97 Å². The van der Waals surface area contributed by atoms with Crippen molar-refractivity contribution in [1.82, 2.24) is 9.80 Å². The fraction of sp³-hybridized carbons (Fsp3) is 0.429. The van der Waals surface area contributed by atoms with Crippen molar-refractivity contribution >= 4 is 17.6 Å². The van der Waals surface area contributed by atoms with E-state index in [9.17, 15) is 14.0 Å². The quantitative estimate of drug-likeness (QED) is 0.796. The predicted octanol–water partition coefficient (Wildman–Crippen LogP) is 0.640. The molecule has 0 spiro atoms. The number of hydrogen-bond donors (Lipinski definition) is 2. The van der Waals surface area contributed by atoms with Gasteiger partial charge in [-0.15, -0.1) is 0 Å². The van der Waals surface area contributed by atoms with E-state index in [1.165, 1.54) is 12.1 Å². The third kappa shape index (κ3) is 3.91. The van der Waals surface area contributed by atoms with Gasteiger partial charge in [-0.2, -0.15) is 0 Å². The fourth-order valence-electron chi connectivity index (χ4n) is 2.27. The smallest absolute Gasteiger partial charge is 0.304 e. The minimum atomic E-state index is -0.828. The molecular weight excluding hydrogens is 277 g/mol. The van der Waals surface area contributed by atoms with Crippen LogP contribution in [-0.4, -0.2) is 59.5 Å². The summed E-state index contributed by atoms with van der Waals surface area (Å²) in [4.78, 5) is 26.4. The molecule has 0 aliphatic carbocycles. The number of carboxylic acid groups (broad SMARTS) is 1. The van der Waals surface area contributed by atoms with E-state index in [1.807, 2.05) is 4.90 Å². The molecule has 1 saturated heterocycles. The molecule has 0 aromatic heterocycles. The van der Waals surface area contributed by atoms with Crippen molar-refractivity contribution in [3.8, 4) is 0 Å². The Morgan fingerprint density at radius 2 is 1.90 bits per heavy atom. The summed E-state index contributed by atoms with van der Waals surface area (Å²) < 4.78 is 13.4. The largest absolute Gasteiger partial charge is 0.481 e. The molecule has 1 heterocycles. The van der Waals surface area contributed by atoms with Gasteiger partial charge in [0.05, 0.1) is 12.1 Å². The van der Waals surface area contributed by atoms with Gasteiger partial charge in [0.1, 0.15) is 5.82 Å². The lowest BCUT2D eigenvalue weighted by atomic mass is 10.1. The molecule has 0 bridgehead atoms. The molecule has 21 heavy (non-hydrogen) atoms. The molecule has 3 N–H and O–H groups in total. The molecule has 1 aromatic carbocycles. The number of hydrogen-bond acceptors (Lipinski definition) is 4. The molecule has 2 rings (SSSR count). The van der Waals surface area contributed by atoms with E-state index in [1.54, 1.807) is 4.90 Å². The highest BCUT2D eigenvalue weighted by molar-refractivity contribution is 5.94. The van der Waals surface area contributed by atoms with Crippen LogP contribution < -0.4 is 5.73 Å². The molecule has 1 aliphatic rings. The first-order valence-corrected chi connectivity index (χ1v) is 6.76. The number of aliphatic carboxylic acids is 1. The lowest BCUT2D eigenvalue weighted by Gasteiger charge is -2.34. The van der Waals surface area contributed by atoms with Crippen molar-refractivity contribution < 1.29 is 19.1 Å². The number of rotatable bonds is 4. The molecular formula is C14H18FN3O3. The Balaban J connectivity index is 1.90. The first kappa shape index (κ1) is 15.2. The number of nitrogen functional groups attached to an aromatic ring is 1. The van der Waals surface area contributed by atoms with Gasteiger partial charge in [0, 0.05) is 38.3 Å². The van der Waals surface area contributed by atoms with Crippen LogP contribution in [0.25, 0.3) is 0 Å². The van der Waals surface area contributed by atoms with Crippen molar-refractivity contribution in [3.05, 3.63) is 29.6 Å². The van der Waals surface area contributed by atoms with E-state index >= 15 is 0 Å². The number of carbonyl (C=O) groups excluding carboxylic acids is 1. The van der Waals surface area contributed by atoms with Gasteiger partial charge in [0.2, 0.25) is 0 Å². The lowest BCUT2D eigenvalue weighted by Crippen LogP contribution is -2.49. The highest BCUT2D eigenvalue weighted by Gasteiger charge is 2.22. The van der Waals surface area contributed by atoms with Crippen molar-refractivity contribution in [2.24, 2.45) is 0 Å². The average molecular weight is 295 g/mol. The minimum absolute atomic E-state index is 0.0186. The van der Waals surface area contributed by atoms with Crippen LogP contribution in [0.2, 0.25) is 0 Å². The SMILES string of the molecule is Nc1ccc(C(=O)N2CCN(CCC(=O)O)CC2)cc1F. The number of nitrogens with two attached hydrogens (primary N) is 1. The third-order valence-corrected chi connectivity index (χ3v) is 3.55. The molecule has 6 nitrogen and oxygen atoms in total. The van der Waals surface area contributed by atoms with Crippen molar-refractivity contribution in [1.29, 1.82) is 0 Å². The predicted molar refractivity (Wildman–Crippen MR) is 75.4 cm³/mol. The van der Waals surface area contributed by atoms with Crippen LogP contribution in [0.4, 0.5) is 10.1 Å². The zero-order chi connectivity index (χ0) is 15.4. The first-order valence-electron chi connectivity index (χ1n) is 6.76. The Bertz CT molecular complexity index is 542. The number of nitrogens with zero attached hydrogens (tertiary/aromatic N) is 2. The number of carbonyl (C=O) groups is 2. The van der Waals surface area contributed by atoms with E-state index in [-0.39, 0.29) is 23.6 Å². The molecule has 1 aromatic rings. The summed E-state index contributed by atoms with van der Waals surface area (Å²) in [7, 11) is 0. The molecule has 0 saturated carbocycles. The van der Waals surface area contributed by atoms with E-state index in [0.29, 0.717) is 32.7 Å². The minimum Gasteiger partial charge on any atom is -0.481 e. The van der Waals surface area contributed by atoms with Crippen molar-refractivity contribution in [2.75, 3.05) is 38.5 Å². The van der Waals surface area contributed by atoms with Gasteiger partial charge in [-0.1, -0.05) is 0 Å². The van der Waals surface area contributed by atoms with Crippen LogP contribution >= 0.6 is 0 Å². The summed E-state index contributed by atoms with van der Waals surface area (Å²) in [6.07, 6.45) is 0.0944. The Labute approximate surface area is 121 Å². The van der Waals surface area contributed by atoms with Gasteiger partial charge < -0.3 is 15.7 Å². The summed E-state index contributed by atoms with van der Waals surface area (Å²) in [5.41, 5.74) is 5.69. The summed E-state index contributed by atoms with van der Waals surface area (Å²) in [6, 6.07) is 4.04. The topological polar surface area (TPSA) is 86.9 Å². The lowest BCUT2D eigenvalue weighted by molar-refractivity contribution is -0.137. The second-order valence-corrected chi connectivity index (χ2v) is 5.01. The van der Waals surface area contributed by atoms with E-state index < -0.39 is 11.8 Å². The Kier molecular flexibility index (Phi) is 4.74. The standard InChI is InChI=1S/C14H18FN3O3/c15-11-9-10(1-2-12(11)16)14(21)18-7-5-17(6-8-18)4-3-13(19)20/h1-2,9H,3-8,16H2,(H,19,20). The first-order chi connectivity index (χ1) is 9.97. The van der Waals surface area contributed by atoms with E-state index in [4.69, 9.17) is 10.8 Å². The zero-order valence-electron chi connectivity index (χ0n) is 11.6. The van der Waals surface area contributed by atoms with Gasteiger partial charge in [0.25, 0.3) is 5.91 Å². The number of halogens is 1. The number of anilines is 1. The Morgan fingerprint density at radius 1 is 1.24 bits per heavy atom. The normalized spacial score (nSPS) is 16.0. The molecule has 114 valence electrons. The van der Waals surface area contributed by atoms with Gasteiger partial charge in [-0.05, 0) is 18.2 Å². The summed E-state index contributed by atoms with van der Waals surface area (Å²) >= 11 is 0. The maximum absolute atomic E-state index is 13.4. The van der Waals surface area contributed by atoms with Gasteiger partial charge in [0.15, 0.2) is 0 Å². The maximum atomic E-state index is 13.4. The summed E-state index contributed by atoms with van der Waals surface area (Å²) in [5.74, 6) is -1.65. The fourth-order valence-corrected chi connectivity index (χ4v) is 2.27. The molecule has 0 radical (unpaired) electrons. The highest BCUT2D eigenvalue weighted by Crippen LogP contribution is 2.15. The van der Waals surface area contributed by atoms with Gasteiger partial charge in [-0.3, -0.25) is 14.5 Å². The molecule has 0 unspecified atom stereocenters. The summed E-state index contributed by atoms with van der Waals surface area (Å²) in [6.45, 7) is 2.73. The number of amides is 1. The highest BCUT2D eigenvalue weighted by atomic mass is 19.1. The number of benzene rings is 1. The summed E-state index contributed by atoms with van der Waals surface area (Å²) in [5, 5.41) is 8.64. The molecule has 0 atom stereocenters. The molecule has 7 heteroatoms. The zero-order valence-corrected chi connectivity index (χ0v) is 11.6. The van der Waals surface area contributed by atoms with Crippen LogP contribution in [0.5, 0.6) is 0 Å². The number of piperazine rings is 1. The monoisotopic (exact) mass is 295 g/mol. The van der Waals surface area contributed by atoms with Crippen LogP contribution in [0, 0.1) is 5.82 Å². The van der Waals surface area contributed by atoms with Crippen LogP contribution in [0.3, 0.4) is 0 Å². The van der Waals surface area contributed by atoms with E-state index in [0.717, 1.165) is 6.07 Å². The van der Waals surface area contributed by atoms with Crippen LogP contribution in [0.1, 0.15) is 16.8 Å². The van der Waals surface area contributed by atoms with E-state index in [2.05, 4.69) is 0 Å². The third-order valence-electron chi connectivity index (χ3n) is 3.55. The average Bonchev–Trinajstić information content (AvgIpc) is 2.48. The molecule has 1 amide bonds. The van der Waals surface area contributed by atoms with Crippen molar-refractivity contribution in [3.63, 3.8) is 0 Å². The van der Waals surface area contributed by atoms with Crippen LogP contribution in [-0.2, 0) is 4.79 Å². The van der Waals surface area contributed by atoms with Gasteiger partial charge in [-0.25, -0.2) is 4.39 Å². The van der Waals surface area contributed by atoms with Crippen molar-refractivity contribution in [2.45, 2.75) is 6.42 Å². The molecule has 1 aliphatic heterocycles. The second kappa shape index (κ2) is 6.53. The Morgan fingerprint density at radius 3 is 2.48 bits per heavy atom. The Hall–Kier alpha value is -2.15.